The third-order valence-electron chi connectivity index (χ3n) is 4.25. The molecule has 5 nitrogen and oxygen atoms in total. The van der Waals surface area contributed by atoms with Crippen LogP contribution in [0.4, 0.5) is 0 Å². The van der Waals surface area contributed by atoms with Crippen molar-refractivity contribution >= 4 is 58.0 Å². The minimum absolute atomic E-state index is 0.259. The maximum atomic E-state index is 12.8. The predicted octanol–water partition coefficient (Wildman–Crippen LogP) is 4.66. The Morgan fingerprint density at radius 1 is 1.32 bits per heavy atom. The minimum atomic E-state index is -1.05. The normalized spacial score (nSPS) is 16.8. The van der Waals surface area contributed by atoms with E-state index < -0.39 is 17.9 Å². The summed E-state index contributed by atoms with van der Waals surface area (Å²) < 4.78 is 6.10. The molecule has 2 aromatic rings. The van der Waals surface area contributed by atoms with Gasteiger partial charge in [-0.3, -0.25) is 9.69 Å². The third kappa shape index (κ3) is 4.51. The number of aryl methyl sites for hydroxylation is 1. The molecular formula is C20H19NO4S3. The van der Waals surface area contributed by atoms with Crippen molar-refractivity contribution in [1.82, 2.24) is 4.90 Å². The van der Waals surface area contributed by atoms with Gasteiger partial charge in [-0.25, -0.2) is 4.79 Å². The largest absolute Gasteiger partial charge is 0.480 e. The van der Waals surface area contributed by atoms with Crippen molar-refractivity contribution in [2.24, 2.45) is 0 Å². The Labute approximate surface area is 177 Å². The number of carboxylic acid groups (broad SMARTS) is 1. The summed E-state index contributed by atoms with van der Waals surface area (Å²) in [6.07, 6.45) is 3.85. The van der Waals surface area contributed by atoms with E-state index in [1.807, 2.05) is 43.5 Å². The molecule has 1 saturated heterocycles. The number of carbonyl (C=O) groups excluding carboxylic acids is 1. The molecule has 0 spiro atoms. The van der Waals surface area contributed by atoms with Gasteiger partial charge < -0.3 is 9.52 Å². The Morgan fingerprint density at radius 2 is 2.04 bits per heavy atom. The van der Waals surface area contributed by atoms with Gasteiger partial charge in [0.15, 0.2) is 0 Å². The van der Waals surface area contributed by atoms with Crippen LogP contribution in [-0.2, 0) is 9.59 Å². The fraction of sp³-hybridized carbons (Fsp3) is 0.250. The van der Waals surface area contributed by atoms with Crippen molar-refractivity contribution < 1.29 is 19.1 Å². The summed E-state index contributed by atoms with van der Waals surface area (Å²) in [5, 5.41) is 9.51. The number of carboxylic acids is 1. The summed E-state index contributed by atoms with van der Waals surface area (Å²) in [5.74, 6) is 0.408. The first-order valence-electron chi connectivity index (χ1n) is 8.56. The Kier molecular flexibility index (Phi) is 6.64. The molecule has 0 saturated carbocycles. The van der Waals surface area contributed by atoms with Crippen LogP contribution in [0, 0.1) is 6.92 Å². The zero-order chi connectivity index (χ0) is 20.3. The lowest BCUT2D eigenvalue weighted by molar-refractivity contribution is -0.145. The Hall–Kier alpha value is -2.03. The summed E-state index contributed by atoms with van der Waals surface area (Å²) in [6, 6.07) is 10.6. The zero-order valence-corrected chi connectivity index (χ0v) is 17.8. The van der Waals surface area contributed by atoms with Gasteiger partial charge in [-0.15, -0.1) is 0 Å². The average molecular weight is 434 g/mol. The molecule has 1 fully saturated rings. The molecule has 2 heterocycles. The molecule has 1 N–H and O–H groups in total. The van der Waals surface area contributed by atoms with E-state index >= 15 is 0 Å². The molecule has 1 atom stereocenters. The number of furan rings is 1. The maximum Gasteiger partial charge on any atom is 0.326 e. The number of amides is 1. The van der Waals surface area contributed by atoms with E-state index in [1.165, 1.54) is 16.7 Å². The van der Waals surface area contributed by atoms with Crippen LogP contribution in [0.25, 0.3) is 17.4 Å². The quantitative estimate of drug-likeness (QED) is 0.503. The monoisotopic (exact) mass is 433 g/mol. The molecule has 1 aliphatic rings. The molecule has 1 amide bonds. The number of rotatable bonds is 7. The average Bonchev–Trinajstić information content (AvgIpc) is 3.22. The molecule has 1 aromatic heterocycles. The smallest absolute Gasteiger partial charge is 0.326 e. The van der Waals surface area contributed by atoms with E-state index in [-0.39, 0.29) is 4.32 Å². The van der Waals surface area contributed by atoms with Crippen LogP contribution in [0.2, 0.25) is 0 Å². The van der Waals surface area contributed by atoms with Gasteiger partial charge in [0, 0.05) is 11.6 Å². The second kappa shape index (κ2) is 8.98. The first kappa shape index (κ1) is 20.7. The van der Waals surface area contributed by atoms with Crippen LogP contribution < -0.4 is 0 Å². The summed E-state index contributed by atoms with van der Waals surface area (Å²) in [4.78, 5) is 26.0. The van der Waals surface area contributed by atoms with E-state index in [0.717, 1.165) is 22.9 Å². The van der Waals surface area contributed by atoms with E-state index in [0.29, 0.717) is 28.6 Å². The minimum Gasteiger partial charge on any atom is -0.480 e. The Balaban J connectivity index is 1.82. The first-order valence-corrected chi connectivity index (χ1v) is 11.2. The number of hydrogen-bond acceptors (Lipinski definition) is 6. The molecule has 1 aliphatic heterocycles. The molecule has 0 bridgehead atoms. The van der Waals surface area contributed by atoms with Crippen LogP contribution >= 0.6 is 35.7 Å². The first-order chi connectivity index (χ1) is 13.4. The molecule has 3 rings (SSSR count). The van der Waals surface area contributed by atoms with E-state index in [2.05, 4.69) is 0 Å². The lowest BCUT2D eigenvalue weighted by Crippen LogP contribution is -2.44. The van der Waals surface area contributed by atoms with Crippen molar-refractivity contribution in [3.63, 3.8) is 0 Å². The second-order valence-electron chi connectivity index (χ2n) is 6.26. The fourth-order valence-electron chi connectivity index (χ4n) is 2.77. The van der Waals surface area contributed by atoms with Gasteiger partial charge >= 0.3 is 5.97 Å². The molecule has 1 aromatic carbocycles. The highest BCUT2D eigenvalue weighted by molar-refractivity contribution is 8.26. The number of hydrogen-bond donors (Lipinski definition) is 1. The van der Waals surface area contributed by atoms with Crippen LogP contribution in [0.5, 0.6) is 0 Å². The SMILES string of the molecule is CSCC[C@@H](C(=O)O)N1C(=O)/C(=C/c2ccc(-c3ccc(C)cc3)o2)SC1=S. The van der Waals surface area contributed by atoms with Gasteiger partial charge in [-0.2, -0.15) is 11.8 Å². The highest BCUT2D eigenvalue weighted by Gasteiger charge is 2.40. The van der Waals surface area contributed by atoms with Crippen LogP contribution in [-0.4, -0.2) is 44.3 Å². The van der Waals surface area contributed by atoms with Crippen LogP contribution in [0.15, 0.2) is 45.7 Å². The summed E-state index contributed by atoms with van der Waals surface area (Å²) >= 11 is 7.91. The molecule has 0 radical (unpaired) electrons. The van der Waals surface area contributed by atoms with Crippen molar-refractivity contribution in [3.8, 4) is 11.3 Å². The molecule has 0 aliphatic carbocycles. The Morgan fingerprint density at radius 3 is 2.68 bits per heavy atom. The topological polar surface area (TPSA) is 70.8 Å². The van der Waals surface area contributed by atoms with Crippen LogP contribution in [0.1, 0.15) is 17.7 Å². The van der Waals surface area contributed by atoms with Gasteiger partial charge in [0.05, 0.1) is 4.91 Å². The molecule has 8 heteroatoms. The van der Waals surface area contributed by atoms with Gasteiger partial charge in [0.25, 0.3) is 5.91 Å². The molecule has 28 heavy (non-hydrogen) atoms. The third-order valence-corrected chi connectivity index (χ3v) is 6.23. The van der Waals surface area contributed by atoms with Crippen molar-refractivity contribution in [2.45, 2.75) is 19.4 Å². The summed E-state index contributed by atoms with van der Waals surface area (Å²) in [7, 11) is 0. The van der Waals surface area contributed by atoms with Crippen molar-refractivity contribution in [2.75, 3.05) is 12.0 Å². The Bertz CT molecular complexity index is 933. The number of aliphatic carboxylic acids is 1. The number of thiocarbonyl (C=S) groups is 1. The zero-order valence-electron chi connectivity index (χ0n) is 15.4. The fourth-order valence-corrected chi connectivity index (χ4v) is 4.57. The number of thioether (sulfide) groups is 2. The van der Waals surface area contributed by atoms with Gasteiger partial charge in [0.1, 0.15) is 21.9 Å². The number of benzene rings is 1. The van der Waals surface area contributed by atoms with Crippen molar-refractivity contribution in [3.05, 3.63) is 52.6 Å². The highest BCUT2D eigenvalue weighted by atomic mass is 32.2. The summed E-state index contributed by atoms with van der Waals surface area (Å²) in [6.45, 7) is 2.02. The van der Waals surface area contributed by atoms with E-state index in [4.69, 9.17) is 16.6 Å². The highest BCUT2D eigenvalue weighted by Crippen LogP contribution is 2.35. The predicted molar refractivity (Wildman–Crippen MR) is 118 cm³/mol. The van der Waals surface area contributed by atoms with Gasteiger partial charge in [0.2, 0.25) is 0 Å². The van der Waals surface area contributed by atoms with Gasteiger partial charge in [-0.1, -0.05) is 53.8 Å². The van der Waals surface area contributed by atoms with Crippen molar-refractivity contribution in [1.29, 1.82) is 0 Å². The molecular weight excluding hydrogens is 414 g/mol. The summed E-state index contributed by atoms with van der Waals surface area (Å²) in [5.41, 5.74) is 2.11. The molecule has 146 valence electrons. The maximum absolute atomic E-state index is 12.8. The molecule has 0 unspecified atom stereocenters. The lowest BCUT2D eigenvalue weighted by Gasteiger charge is -2.22. The van der Waals surface area contributed by atoms with E-state index in [9.17, 15) is 14.7 Å². The lowest BCUT2D eigenvalue weighted by atomic mass is 10.1. The van der Waals surface area contributed by atoms with Crippen LogP contribution in [0.3, 0.4) is 0 Å². The van der Waals surface area contributed by atoms with Gasteiger partial charge in [-0.05, 0) is 37.5 Å². The second-order valence-corrected chi connectivity index (χ2v) is 8.92. The van der Waals surface area contributed by atoms with E-state index in [1.54, 1.807) is 12.1 Å². The number of nitrogens with zero attached hydrogens (tertiary/aromatic N) is 1. The number of carbonyl (C=O) groups is 2. The standard InChI is InChI=1S/C20H19NO4S3/c1-12-3-5-13(6-4-12)16-8-7-14(25-16)11-17-18(22)21(20(26)28-17)15(19(23)24)9-10-27-2/h3-8,11,15H,9-10H2,1-2H3,(H,23,24)/b17-11-/t15-/m0/s1.